The molecule has 8 rings (SSSR count). The number of carbonyl (C=O) groups is 4. The summed E-state index contributed by atoms with van der Waals surface area (Å²) in [6.07, 6.45) is 2.77. The maximum Gasteiger partial charge on any atom is 0.253 e. The number of nitrogens with one attached hydrogen (secondary N) is 3. The van der Waals surface area contributed by atoms with Gasteiger partial charge in [-0.25, -0.2) is 9.97 Å². The van der Waals surface area contributed by atoms with Gasteiger partial charge in [-0.2, -0.15) is 5.26 Å². The van der Waals surface area contributed by atoms with Crippen molar-refractivity contribution in [1.82, 2.24) is 40.6 Å². The Morgan fingerprint density at radius 3 is 2.20 bits per heavy atom. The summed E-state index contributed by atoms with van der Waals surface area (Å²) in [7, 11) is 0. The fraction of sp³-hybridized carbons (Fsp3) is 0.554. The zero-order valence-corrected chi connectivity index (χ0v) is 45.9. The number of anilines is 1. The Hall–Kier alpha value is -5.64. The van der Waals surface area contributed by atoms with Crippen LogP contribution in [0.2, 0.25) is 5.02 Å². The quantitative estimate of drug-likeness (QED) is 0.0968. The Kier molecular flexibility index (Phi) is 16.5. The van der Waals surface area contributed by atoms with E-state index >= 15 is 0 Å². The molecule has 0 radical (unpaired) electrons. The number of aromatic nitrogens is 2. The van der Waals surface area contributed by atoms with E-state index in [1.165, 1.54) is 4.90 Å². The van der Waals surface area contributed by atoms with Gasteiger partial charge in [-0.1, -0.05) is 84.3 Å². The highest BCUT2D eigenvalue weighted by Crippen LogP contribution is 2.55. The van der Waals surface area contributed by atoms with Crippen molar-refractivity contribution in [2.75, 3.05) is 63.8 Å². The number of piperidine rings is 1. The van der Waals surface area contributed by atoms with Crippen molar-refractivity contribution in [2.24, 2.45) is 22.2 Å². The van der Waals surface area contributed by atoms with Crippen molar-refractivity contribution in [3.8, 4) is 22.3 Å². The number of nitriles is 1. The molecule has 4 atom stereocenters. The third-order valence-corrected chi connectivity index (χ3v) is 17.1. The minimum atomic E-state index is -0.896. The number of nitrogens with zero attached hydrogens (tertiary/aromatic N) is 7. The Bertz CT molecular complexity index is 2690. The number of hydrogen-bond acceptors (Lipinski definition) is 13. The van der Waals surface area contributed by atoms with Gasteiger partial charge in [0, 0.05) is 87.9 Å². The molecule has 4 amide bonds. The van der Waals surface area contributed by atoms with Crippen molar-refractivity contribution in [2.45, 2.75) is 118 Å². The van der Waals surface area contributed by atoms with Crippen LogP contribution in [-0.2, 0) is 14.4 Å². The van der Waals surface area contributed by atoms with Gasteiger partial charge in [0.1, 0.15) is 35.8 Å². The van der Waals surface area contributed by atoms with Gasteiger partial charge in [0.15, 0.2) is 0 Å². The fourth-order valence-electron chi connectivity index (χ4n) is 11.8. The van der Waals surface area contributed by atoms with Gasteiger partial charge in [-0.05, 0) is 73.4 Å². The highest BCUT2D eigenvalue weighted by molar-refractivity contribution is 7.13. The number of halogens is 1. The van der Waals surface area contributed by atoms with Crippen LogP contribution >= 0.6 is 22.9 Å². The number of hydrogen-bond donors (Lipinski definition) is 4. The number of aryl methyl sites for hydroxylation is 1. The van der Waals surface area contributed by atoms with Crippen LogP contribution in [0.5, 0.6) is 5.75 Å². The molecule has 16 nitrogen and oxygen atoms in total. The zero-order chi connectivity index (χ0) is 53.3. The van der Waals surface area contributed by atoms with Gasteiger partial charge in [-0.3, -0.25) is 24.1 Å². The molecule has 18 heteroatoms. The normalized spacial score (nSPS) is 23.0. The molecule has 4 aliphatic rings. The molecule has 2 aromatic carbocycles. The number of pyridine rings is 1. The lowest BCUT2D eigenvalue weighted by atomic mass is 9.49. The monoisotopic (exact) mass is 1050 g/mol. The van der Waals surface area contributed by atoms with Crippen LogP contribution in [0.15, 0.2) is 66.3 Å². The molecule has 4 fully saturated rings. The molecule has 1 saturated carbocycles. The number of rotatable bonds is 15. The lowest BCUT2D eigenvalue weighted by Crippen LogP contribution is -2.74. The highest BCUT2D eigenvalue weighted by Gasteiger charge is 2.64. The van der Waals surface area contributed by atoms with E-state index in [1.54, 1.807) is 35.7 Å². The van der Waals surface area contributed by atoms with Crippen molar-refractivity contribution in [3.63, 3.8) is 0 Å². The third-order valence-electron chi connectivity index (χ3n) is 15.8. The first-order valence-corrected chi connectivity index (χ1v) is 27.2. The second-order valence-corrected chi connectivity index (χ2v) is 24.4. The number of amides is 4. The molecule has 2 aromatic heterocycles. The number of piperazine rings is 1. The minimum Gasteiger partial charge on any atom is -0.489 e. The van der Waals surface area contributed by atoms with Gasteiger partial charge in [0.2, 0.25) is 17.7 Å². The zero-order valence-electron chi connectivity index (χ0n) is 44.3. The molecule has 74 heavy (non-hydrogen) atoms. The van der Waals surface area contributed by atoms with E-state index < -0.39 is 23.6 Å². The molecular formula is C56H73ClN10O6S. The van der Waals surface area contributed by atoms with E-state index in [0.717, 1.165) is 86.2 Å². The summed E-state index contributed by atoms with van der Waals surface area (Å²) >= 11 is 7.85. The van der Waals surface area contributed by atoms with Crippen LogP contribution in [-0.4, -0.2) is 143 Å². The molecule has 3 saturated heterocycles. The number of aliphatic hydroxyl groups excluding tert-OH is 1. The summed E-state index contributed by atoms with van der Waals surface area (Å²) in [5.41, 5.74) is 4.25. The smallest absolute Gasteiger partial charge is 0.253 e. The Morgan fingerprint density at radius 1 is 0.932 bits per heavy atom. The van der Waals surface area contributed by atoms with Crippen LogP contribution in [0.25, 0.3) is 10.4 Å². The SMILES string of the molecule is Cc1ncsc1-c1ccc([C@H](C)NC(=O)[C@@H]2C[C@@H](O)CN2C(=O)[C@@H](NC(=O)CN2CCN(CC3CCN(c4ccc(C(=O)NC5C(C)(C)C(Oc6ccc(C#N)c(Cl)c6)C5(C)C)cn4)CC3)CC2)C(C)(C)C)cc1. The number of likely N-dealkylation sites (tertiary alicyclic amines) is 1. The molecule has 4 N–H and O–H groups in total. The second kappa shape index (κ2) is 22.3. The van der Waals surface area contributed by atoms with E-state index in [4.69, 9.17) is 21.3 Å². The Balaban J connectivity index is 0.758. The van der Waals surface area contributed by atoms with Crippen molar-refractivity contribution in [1.29, 1.82) is 5.26 Å². The summed E-state index contributed by atoms with van der Waals surface area (Å²) in [6.45, 7) is 23.9. The summed E-state index contributed by atoms with van der Waals surface area (Å²) < 4.78 is 6.39. The van der Waals surface area contributed by atoms with E-state index in [0.29, 0.717) is 27.8 Å². The molecule has 5 heterocycles. The molecule has 396 valence electrons. The molecule has 0 unspecified atom stereocenters. The Labute approximate surface area is 445 Å². The minimum absolute atomic E-state index is 0.0139. The molecule has 1 aliphatic carbocycles. The maximum absolute atomic E-state index is 14.3. The van der Waals surface area contributed by atoms with Crippen molar-refractivity contribution < 1.29 is 29.0 Å². The number of benzene rings is 2. The first-order chi connectivity index (χ1) is 35.0. The fourth-order valence-corrected chi connectivity index (χ4v) is 12.8. The van der Waals surface area contributed by atoms with E-state index in [9.17, 15) is 29.5 Å². The van der Waals surface area contributed by atoms with E-state index in [2.05, 4.69) is 69.4 Å². The van der Waals surface area contributed by atoms with Gasteiger partial charge in [0.25, 0.3) is 5.91 Å². The number of ether oxygens (including phenoxy) is 1. The van der Waals surface area contributed by atoms with Crippen molar-refractivity contribution >= 4 is 52.4 Å². The van der Waals surface area contributed by atoms with Crippen LogP contribution < -0.4 is 25.6 Å². The van der Waals surface area contributed by atoms with Crippen LogP contribution in [0.3, 0.4) is 0 Å². The van der Waals surface area contributed by atoms with Gasteiger partial charge in [0.05, 0.1) is 50.9 Å². The van der Waals surface area contributed by atoms with E-state index in [-0.39, 0.29) is 72.2 Å². The summed E-state index contributed by atoms with van der Waals surface area (Å²) in [6, 6.07) is 16.7. The maximum atomic E-state index is 14.3. The predicted octanol–water partition coefficient (Wildman–Crippen LogP) is 6.85. The molecule has 0 bridgehead atoms. The van der Waals surface area contributed by atoms with Crippen molar-refractivity contribution in [3.05, 3.63) is 93.7 Å². The lowest BCUT2D eigenvalue weighted by Gasteiger charge is -2.63. The molecule has 3 aliphatic heterocycles. The first kappa shape index (κ1) is 54.6. The van der Waals surface area contributed by atoms with Crippen LogP contribution in [0.4, 0.5) is 5.82 Å². The first-order valence-electron chi connectivity index (χ1n) is 25.9. The molecule has 0 spiro atoms. The summed E-state index contributed by atoms with van der Waals surface area (Å²) in [4.78, 5) is 73.8. The largest absolute Gasteiger partial charge is 0.489 e. The van der Waals surface area contributed by atoms with Crippen LogP contribution in [0.1, 0.15) is 108 Å². The Morgan fingerprint density at radius 2 is 1.61 bits per heavy atom. The second-order valence-electron chi connectivity index (χ2n) is 23.1. The standard InChI is InChI=1S/C56H73ClN10O6S/c1-34(37-10-12-38(13-11-37)47-35(2)60-33-74-47)61-50(71)44-26-41(68)31-67(44)51(72)48(54(3,4)5)62-46(69)32-65-24-22-64(23-25-65)30-36-18-20-66(21-19-36)45-17-15-40(29-59-45)49(70)63-52-55(6,7)53(56(52,8)9)73-42-16-14-39(28-58)43(57)27-42/h10-17,27,29,33-34,36,41,44,48,52-53,68H,18-26,30-32H2,1-9H3,(H,61,71)(H,62,69)(H,63,70)/t34-,41+,44-,48+,52?,53?/m0/s1. The number of carbonyl (C=O) groups excluding carboxylic acids is 4. The summed E-state index contributed by atoms with van der Waals surface area (Å²) in [5.74, 6) is 0.833. The summed E-state index contributed by atoms with van der Waals surface area (Å²) in [5, 5.41) is 29.7. The highest BCUT2D eigenvalue weighted by atomic mass is 35.5. The van der Waals surface area contributed by atoms with Gasteiger partial charge in [-0.15, -0.1) is 11.3 Å². The van der Waals surface area contributed by atoms with Crippen LogP contribution in [0, 0.1) is 40.4 Å². The van der Waals surface area contributed by atoms with Gasteiger partial charge < -0.3 is 40.5 Å². The molecular weight excluding hydrogens is 976 g/mol. The topological polar surface area (TPSA) is 196 Å². The average Bonchev–Trinajstić information content (AvgIpc) is 3.99. The lowest BCUT2D eigenvalue weighted by molar-refractivity contribution is -0.164. The van der Waals surface area contributed by atoms with E-state index in [1.807, 2.05) is 76.5 Å². The molecule has 4 aromatic rings. The number of thiazole rings is 1. The predicted molar refractivity (Wildman–Crippen MR) is 288 cm³/mol. The van der Waals surface area contributed by atoms with Gasteiger partial charge >= 0.3 is 0 Å². The average molecular weight is 1050 g/mol. The third kappa shape index (κ3) is 12.1. The number of β-amino-alcohol motifs (C(OH)–C–C–N with tert-alkyl or cyclic N) is 1. The number of aliphatic hydroxyl groups is 1.